The molecule has 0 atom stereocenters. The minimum Gasteiger partial charge on any atom is -0.383 e. The average Bonchev–Trinajstić information content (AvgIpc) is 2.24. The number of hydrogen-bond donors (Lipinski definition) is 0. The third kappa shape index (κ3) is 3.28. The van der Waals surface area contributed by atoms with Crippen molar-refractivity contribution in [3.63, 3.8) is 0 Å². The van der Waals surface area contributed by atoms with E-state index in [-0.39, 0.29) is 5.69 Å². The number of nitrogens with zero attached hydrogens (tertiary/aromatic N) is 3. The lowest BCUT2D eigenvalue weighted by Crippen LogP contribution is -2.16. The van der Waals surface area contributed by atoms with Gasteiger partial charge in [0.1, 0.15) is 6.33 Å². The molecule has 18 heavy (non-hydrogen) atoms. The predicted molar refractivity (Wildman–Crippen MR) is 59.8 cm³/mol. The van der Waals surface area contributed by atoms with E-state index in [4.69, 9.17) is 0 Å². The largest absolute Gasteiger partial charge is 0.434 e. The van der Waals surface area contributed by atoms with E-state index in [9.17, 15) is 18.0 Å². The van der Waals surface area contributed by atoms with Crippen LogP contribution in [0.25, 0.3) is 6.08 Å². The molecule has 0 saturated carbocycles. The molecule has 0 fully saturated rings. The first-order valence-electron chi connectivity index (χ1n) is 5.01. The van der Waals surface area contributed by atoms with E-state index >= 15 is 0 Å². The minimum absolute atomic E-state index is 0.0430. The van der Waals surface area contributed by atoms with Crippen LogP contribution in [0.4, 0.5) is 13.2 Å². The summed E-state index contributed by atoms with van der Waals surface area (Å²) in [4.78, 5) is 19.8. The van der Waals surface area contributed by atoms with Crippen molar-refractivity contribution in [2.45, 2.75) is 13.1 Å². The number of alkyl halides is 3. The van der Waals surface area contributed by atoms with Gasteiger partial charge in [-0.3, -0.25) is 4.79 Å². The van der Waals surface area contributed by atoms with Gasteiger partial charge < -0.3 is 4.90 Å². The fourth-order valence-corrected chi connectivity index (χ4v) is 1.31. The molecule has 0 radical (unpaired) electrons. The molecule has 98 valence electrons. The zero-order valence-corrected chi connectivity index (χ0v) is 10.1. The van der Waals surface area contributed by atoms with Crippen molar-refractivity contribution in [1.29, 1.82) is 0 Å². The molecule has 0 aliphatic rings. The Hall–Kier alpha value is -1.92. The smallest absolute Gasteiger partial charge is 0.383 e. The Morgan fingerprint density at radius 1 is 1.33 bits per heavy atom. The Balaban J connectivity index is 3.40. The van der Waals surface area contributed by atoms with Crippen LogP contribution in [0, 0.1) is 0 Å². The Kier molecular flexibility index (Phi) is 4.05. The fraction of sp³-hybridized carbons (Fsp3) is 0.364. The van der Waals surface area contributed by atoms with Crippen LogP contribution in [0.1, 0.15) is 28.7 Å². The molecule has 0 bridgehead atoms. The molecule has 0 amide bonds. The fourth-order valence-electron chi connectivity index (χ4n) is 1.31. The highest BCUT2D eigenvalue weighted by Crippen LogP contribution is 2.31. The molecule has 1 rings (SSSR count). The van der Waals surface area contributed by atoms with Crippen molar-refractivity contribution in [2.24, 2.45) is 0 Å². The van der Waals surface area contributed by atoms with Crippen molar-refractivity contribution in [2.75, 3.05) is 14.1 Å². The highest BCUT2D eigenvalue weighted by molar-refractivity contribution is 5.98. The summed E-state index contributed by atoms with van der Waals surface area (Å²) >= 11 is 0. The highest BCUT2D eigenvalue weighted by Gasteiger charge is 2.37. The summed E-state index contributed by atoms with van der Waals surface area (Å²) in [6.45, 7) is 1.06. The monoisotopic (exact) mass is 259 g/mol. The second-order valence-corrected chi connectivity index (χ2v) is 3.82. The van der Waals surface area contributed by atoms with Gasteiger partial charge in [0, 0.05) is 20.3 Å². The van der Waals surface area contributed by atoms with Gasteiger partial charge in [-0.2, -0.15) is 13.2 Å². The molecule has 0 spiro atoms. The zero-order valence-electron chi connectivity index (χ0n) is 10.1. The van der Waals surface area contributed by atoms with E-state index in [2.05, 4.69) is 9.97 Å². The SMILES string of the molecule is CC(=O)c1c(/C=C\N(C)C)ncnc1C(F)(F)F. The third-order valence-electron chi connectivity index (χ3n) is 2.03. The number of hydrogen-bond acceptors (Lipinski definition) is 4. The van der Waals surface area contributed by atoms with Crippen molar-refractivity contribution >= 4 is 11.9 Å². The van der Waals surface area contributed by atoms with Gasteiger partial charge in [0.05, 0.1) is 11.3 Å². The summed E-state index contributed by atoms with van der Waals surface area (Å²) < 4.78 is 38.1. The van der Waals surface area contributed by atoms with Gasteiger partial charge in [-0.25, -0.2) is 9.97 Å². The molecule has 0 aliphatic carbocycles. The van der Waals surface area contributed by atoms with E-state index < -0.39 is 23.2 Å². The third-order valence-corrected chi connectivity index (χ3v) is 2.03. The van der Waals surface area contributed by atoms with Gasteiger partial charge in [0.25, 0.3) is 0 Å². The van der Waals surface area contributed by atoms with Crippen molar-refractivity contribution in [3.05, 3.63) is 29.5 Å². The van der Waals surface area contributed by atoms with Gasteiger partial charge in [0.2, 0.25) is 0 Å². The molecule has 7 heteroatoms. The summed E-state index contributed by atoms with van der Waals surface area (Å²) in [6, 6.07) is 0. The lowest BCUT2D eigenvalue weighted by Gasteiger charge is -2.11. The number of carbonyl (C=O) groups excluding carboxylic acids is 1. The molecule has 1 aromatic rings. The zero-order chi connectivity index (χ0) is 13.9. The van der Waals surface area contributed by atoms with Gasteiger partial charge >= 0.3 is 6.18 Å². The lowest BCUT2D eigenvalue weighted by molar-refractivity contribution is -0.141. The van der Waals surface area contributed by atoms with Crippen LogP contribution in [-0.2, 0) is 6.18 Å². The lowest BCUT2D eigenvalue weighted by atomic mass is 10.1. The second-order valence-electron chi connectivity index (χ2n) is 3.82. The first-order chi connectivity index (χ1) is 8.23. The first kappa shape index (κ1) is 14.1. The predicted octanol–water partition coefficient (Wildman–Crippen LogP) is 2.23. The molecule has 0 unspecified atom stereocenters. The van der Waals surface area contributed by atoms with Gasteiger partial charge in [-0.15, -0.1) is 0 Å². The summed E-state index contributed by atoms with van der Waals surface area (Å²) in [5.41, 5.74) is -1.76. The summed E-state index contributed by atoms with van der Waals surface area (Å²) in [6.07, 6.45) is -1.03. The topological polar surface area (TPSA) is 46.1 Å². The quantitative estimate of drug-likeness (QED) is 0.781. The Morgan fingerprint density at radius 3 is 2.39 bits per heavy atom. The molecular weight excluding hydrogens is 247 g/mol. The number of aromatic nitrogens is 2. The summed E-state index contributed by atoms with van der Waals surface area (Å²) in [7, 11) is 3.41. The van der Waals surface area contributed by atoms with E-state index in [0.717, 1.165) is 13.3 Å². The molecule has 1 aromatic heterocycles. The van der Waals surface area contributed by atoms with Crippen LogP contribution in [-0.4, -0.2) is 34.7 Å². The van der Waals surface area contributed by atoms with E-state index in [1.54, 1.807) is 19.0 Å². The van der Waals surface area contributed by atoms with Gasteiger partial charge in [0.15, 0.2) is 11.5 Å². The highest BCUT2D eigenvalue weighted by atomic mass is 19.4. The maximum absolute atomic E-state index is 12.7. The Labute approximate surface area is 102 Å². The molecule has 0 saturated heterocycles. The van der Waals surface area contributed by atoms with Crippen molar-refractivity contribution in [3.8, 4) is 0 Å². The van der Waals surface area contributed by atoms with Gasteiger partial charge in [-0.1, -0.05) is 0 Å². The maximum atomic E-state index is 12.7. The van der Waals surface area contributed by atoms with Crippen LogP contribution >= 0.6 is 0 Å². The van der Waals surface area contributed by atoms with E-state index in [1.165, 1.54) is 12.3 Å². The second kappa shape index (κ2) is 5.16. The Morgan fingerprint density at radius 2 is 1.94 bits per heavy atom. The first-order valence-corrected chi connectivity index (χ1v) is 5.01. The molecule has 0 aromatic carbocycles. The van der Waals surface area contributed by atoms with Crippen LogP contribution in [0.2, 0.25) is 0 Å². The van der Waals surface area contributed by atoms with Crippen LogP contribution < -0.4 is 0 Å². The van der Waals surface area contributed by atoms with Crippen LogP contribution in [0.15, 0.2) is 12.5 Å². The number of Topliss-reactive ketones (excluding diaryl/α,β-unsaturated/α-hetero) is 1. The standard InChI is InChI=1S/C11H12F3N3O/c1-7(18)9-8(4-5-17(2)3)15-6-16-10(9)11(12,13)14/h4-6H,1-3H3/b5-4-. The molecule has 0 aliphatic heterocycles. The Bertz CT molecular complexity index is 481. The van der Waals surface area contributed by atoms with E-state index in [1.807, 2.05) is 0 Å². The minimum atomic E-state index is -4.68. The molecule has 1 heterocycles. The van der Waals surface area contributed by atoms with E-state index in [0.29, 0.717) is 0 Å². The maximum Gasteiger partial charge on any atom is 0.434 e. The number of carbonyl (C=O) groups is 1. The number of ketones is 1. The number of rotatable bonds is 3. The van der Waals surface area contributed by atoms with Crippen LogP contribution in [0.5, 0.6) is 0 Å². The van der Waals surface area contributed by atoms with Crippen LogP contribution in [0.3, 0.4) is 0 Å². The summed E-state index contributed by atoms with van der Waals surface area (Å²) in [5, 5.41) is 0. The van der Waals surface area contributed by atoms with Crippen molar-refractivity contribution in [1.82, 2.24) is 14.9 Å². The molecule has 4 nitrogen and oxygen atoms in total. The normalized spacial score (nSPS) is 11.9. The molecule has 0 N–H and O–H groups in total. The van der Waals surface area contributed by atoms with Gasteiger partial charge in [-0.05, 0) is 13.0 Å². The number of halogens is 3. The summed E-state index contributed by atoms with van der Waals surface area (Å²) in [5.74, 6) is -0.721. The molecular formula is C11H12F3N3O. The van der Waals surface area contributed by atoms with Crippen molar-refractivity contribution < 1.29 is 18.0 Å². The average molecular weight is 259 g/mol.